The van der Waals surface area contributed by atoms with Crippen LogP contribution in [0.2, 0.25) is 0 Å². The van der Waals surface area contributed by atoms with E-state index < -0.39 is 0 Å². The minimum absolute atomic E-state index is 0.411. The van der Waals surface area contributed by atoms with Crippen LogP contribution in [0.15, 0.2) is 42.5 Å². The molecule has 0 saturated heterocycles. The number of fused-ring (bicyclic) bond motifs is 1. The number of hydrogen-bond donors (Lipinski definition) is 0. The van der Waals surface area contributed by atoms with E-state index in [1.54, 1.807) is 0 Å². The summed E-state index contributed by atoms with van der Waals surface area (Å²) in [5.41, 5.74) is 0. The fourth-order valence-electron chi connectivity index (χ4n) is 1.26. The van der Waals surface area contributed by atoms with Crippen molar-refractivity contribution in [3.05, 3.63) is 42.5 Å². The molecule has 0 aliphatic rings. The molecule has 0 heterocycles. The van der Waals surface area contributed by atoms with Crippen LogP contribution in [0.1, 0.15) is 0 Å². The molecule has 2 aromatic carbocycles. The summed E-state index contributed by atoms with van der Waals surface area (Å²) in [4.78, 5) is 0. The van der Waals surface area contributed by atoms with Crippen molar-refractivity contribution in [2.75, 3.05) is 0 Å². The van der Waals surface area contributed by atoms with Gasteiger partial charge in [-0.15, -0.1) is 0 Å². The van der Waals surface area contributed by atoms with Gasteiger partial charge in [0.05, 0.1) is 0 Å². The maximum absolute atomic E-state index is 3.54. The van der Waals surface area contributed by atoms with Crippen molar-refractivity contribution >= 4 is 42.5 Å². The van der Waals surface area contributed by atoms with Crippen LogP contribution >= 0.6 is 14.1 Å². The number of rotatable bonds is 1. The predicted octanol–water partition coefficient (Wildman–Crippen LogP) is 2.48. The van der Waals surface area contributed by atoms with E-state index >= 15 is 0 Å². The van der Waals surface area contributed by atoms with E-state index in [0.717, 1.165) is 0 Å². The van der Waals surface area contributed by atoms with Crippen molar-refractivity contribution in [3.8, 4) is 0 Å². The second kappa shape index (κ2) is 3.61. The summed E-state index contributed by atoms with van der Waals surface area (Å²) in [6.07, 6.45) is 0. The third-order valence-electron chi connectivity index (χ3n) is 1.83. The van der Waals surface area contributed by atoms with E-state index in [9.17, 15) is 0 Å². The zero-order valence-electron chi connectivity index (χ0n) is 6.33. The predicted molar refractivity (Wildman–Crippen MR) is 58.3 cm³/mol. The topological polar surface area (TPSA) is 0 Å². The molecule has 0 radical (unpaired) electrons. The Hall–Kier alpha value is -0.301. The first-order chi connectivity index (χ1) is 5.92. The molecule has 0 atom stereocenters. The van der Waals surface area contributed by atoms with Gasteiger partial charge >= 0.3 is 85.0 Å². The Balaban J connectivity index is 2.79. The van der Waals surface area contributed by atoms with E-state index in [4.69, 9.17) is 0 Å². The summed E-state index contributed by atoms with van der Waals surface area (Å²) in [6.45, 7) is 0. The summed E-state index contributed by atoms with van der Waals surface area (Å²) in [7, 11) is 0. The molecule has 0 nitrogen and oxygen atoms in total. The van der Waals surface area contributed by atoms with Crippen LogP contribution in [0.5, 0.6) is 0 Å². The van der Waals surface area contributed by atoms with Crippen molar-refractivity contribution in [1.82, 2.24) is 0 Å². The van der Waals surface area contributed by atoms with Crippen molar-refractivity contribution in [2.24, 2.45) is 0 Å². The van der Waals surface area contributed by atoms with E-state index in [-0.39, 0.29) is 0 Å². The van der Waals surface area contributed by atoms with Gasteiger partial charge in [0.25, 0.3) is 0 Å². The summed E-state index contributed by atoms with van der Waals surface area (Å²) < 4.78 is 1.42. The van der Waals surface area contributed by atoms with Crippen LogP contribution in [0.25, 0.3) is 10.8 Å². The van der Waals surface area contributed by atoms with Crippen molar-refractivity contribution in [1.29, 1.82) is 0 Å². The van der Waals surface area contributed by atoms with Crippen LogP contribution in [-0.4, -0.2) is 13.1 Å². The van der Waals surface area contributed by atoms with E-state index in [0.29, 0.717) is 13.1 Å². The molecule has 0 fully saturated rings. The van der Waals surface area contributed by atoms with Crippen LogP contribution in [0.4, 0.5) is 0 Å². The monoisotopic (exact) mass is 286 g/mol. The van der Waals surface area contributed by atoms with Crippen molar-refractivity contribution in [2.45, 2.75) is 0 Å². The molecule has 0 saturated carbocycles. The number of halogens is 1. The molecule has 60 valence electrons. The molecule has 0 aromatic heterocycles. The van der Waals surface area contributed by atoms with E-state index in [1.807, 2.05) is 0 Å². The third-order valence-corrected chi connectivity index (χ3v) is 4.74. The number of benzene rings is 2. The molecule has 0 bridgehead atoms. The molecule has 2 heteroatoms. The Kier molecular flexibility index (Phi) is 2.50. The third kappa shape index (κ3) is 1.42. The van der Waals surface area contributed by atoms with Crippen LogP contribution < -0.4 is 4.46 Å². The molecule has 12 heavy (non-hydrogen) atoms. The normalized spacial score (nSPS) is 10.4. The average Bonchev–Trinajstić information content (AvgIpc) is 2.17. The summed E-state index contributed by atoms with van der Waals surface area (Å²) >= 11 is 3.95. The summed E-state index contributed by atoms with van der Waals surface area (Å²) in [5, 5.41) is 2.70. The SMILES string of the molecule is Br[Se]c1cccc2ccccc12. The molecule has 2 rings (SSSR count). The Labute approximate surface area is 84.8 Å². The van der Waals surface area contributed by atoms with E-state index in [1.165, 1.54) is 15.2 Å². The zero-order chi connectivity index (χ0) is 8.39. The maximum atomic E-state index is 3.54. The molecule has 0 aliphatic carbocycles. The van der Waals surface area contributed by atoms with Crippen LogP contribution in [0, 0.1) is 0 Å². The van der Waals surface area contributed by atoms with Gasteiger partial charge in [-0.25, -0.2) is 0 Å². The quantitative estimate of drug-likeness (QED) is 0.706. The van der Waals surface area contributed by atoms with Crippen molar-refractivity contribution < 1.29 is 0 Å². The van der Waals surface area contributed by atoms with Gasteiger partial charge in [0, 0.05) is 0 Å². The molecule has 0 unspecified atom stereocenters. The Bertz CT molecular complexity index is 392. The standard InChI is InChI=1S/C10H7BrSe/c11-12-10-7-3-5-8-4-1-2-6-9(8)10/h1-7H. The fraction of sp³-hybridized carbons (Fsp3) is 0. The first-order valence-corrected chi connectivity index (χ1v) is 8.55. The van der Waals surface area contributed by atoms with Crippen LogP contribution in [0.3, 0.4) is 0 Å². The Morgan fingerprint density at radius 3 is 2.50 bits per heavy atom. The minimum atomic E-state index is 0.411. The Morgan fingerprint density at radius 1 is 0.917 bits per heavy atom. The van der Waals surface area contributed by atoms with Gasteiger partial charge < -0.3 is 0 Å². The second-order valence-corrected chi connectivity index (χ2v) is 5.48. The van der Waals surface area contributed by atoms with Gasteiger partial charge in [0.2, 0.25) is 0 Å². The Morgan fingerprint density at radius 2 is 1.67 bits per heavy atom. The molecule has 0 amide bonds. The summed E-state index contributed by atoms with van der Waals surface area (Å²) in [6, 6.07) is 14.9. The molecular formula is C10H7BrSe. The van der Waals surface area contributed by atoms with E-state index in [2.05, 4.69) is 56.6 Å². The fourth-order valence-corrected chi connectivity index (χ4v) is 3.57. The van der Waals surface area contributed by atoms with Gasteiger partial charge in [-0.3, -0.25) is 0 Å². The van der Waals surface area contributed by atoms with Gasteiger partial charge in [0.15, 0.2) is 0 Å². The first-order valence-electron chi connectivity index (χ1n) is 3.68. The first kappa shape index (κ1) is 8.30. The van der Waals surface area contributed by atoms with Crippen LogP contribution in [-0.2, 0) is 0 Å². The molecular weight excluding hydrogens is 279 g/mol. The van der Waals surface area contributed by atoms with Gasteiger partial charge in [0.1, 0.15) is 0 Å². The average molecular weight is 286 g/mol. The molecule has 0 spiro atoms. The summed E-state index contributed by atoms with van der Waals surface area (Å²) in [5.74, 6) is 0. The zero-order valence-corrected chi connectivity index (χ0v) is 9.63. The molecule has 0 aliphatic heterocycles. The van der Waals surface area contributed by atoms with Gasteiger partial charge in [-0.05, 0) is 0 Å². The molecule has 0 N–H and O–H groups in total. The second-order valence-electron chi connectivity index (χ2n) is 2.55. The van der Waals surface area contributed by atoms with Gasteiger partial charge in [-0.1, -0.05) is 0 Å². The number of hydrogen-bond acceptors (Lipinski definition) is 0. The van der Waals surface area contributed by atoms with Gasteiger partial charge in [-0.2, -0.15) is 0 Å². The van der Waals surface area contributed by atoms with Crippen molar-refractivity contribution in [3.63, 3.8) is 0 Å². The molecule has 2 aromatic rings.